The lowest BCUT2D eigenvalue weighted by Crippen LogP contribution is -2.29. The van der Waals surface area contributed by atoms with E-state index in [0.29, 0.717) is 5.92 Å². The van der Waals surface area contributed by atoms with Crippen LogP contribution >= 0.6 is 0 Å². The fraction of sp³-hybridized carbons (Fsp3) is 0.222. The first-order valence-electron chi connectivity index (χ1n) is 10.5. The minimum atomic E-state index is 0.492. The van der Waals surface area contributed by atoms with E-state index >= 15 is 0 Å². The Morgan fingerprint density at radius 2 is 1.62 bits per heavy atom. The van der Waals surface area contributed by atoms with Gasteiger partial charge in [-0.1, -0.05) is 44.2 Å². The van der Waals surface area contributed by atoms with Gasteiger partial charge in [0.25, 0.3) is 0 Å². The normalized spacial score (nSPS) is 12.6. The molecule has 0 aliphatic carbocycles. The maximum atomic E-state index is 2.53. The first-order valence-corrected chi connectivity index (χ1v) is 10.5. The molecule has 0 atom stereocenters. The highest BCUT2D eigenvalue weighted by Crippen LogP contribution is 2.42. The first-order chi connectivity index (χ1) is 14.0. The molecule has 0 amide bonds. The molecule has 0 spiro atoms. The van der Waals surface area contributed by atoms with Gasteiger partial charge in [0.05, 0.1) is 27.3 Å². The topological polar surface area (TPSA) is 8.29 Å². The van der Waals surface area contributed by atoms with Crippen molar-refractivity contribution in [3.8, 4) is 0 Å². The molecule has 3 aromatic carbocycles. The van der Waals surface area contributed by atoms with Gasteiger partial charge in [-0.3, -0.25) is 0 Å². The molecule has 0 saturated carbocycles. The van der Waals surface area contributed by atoms with Gasteiger partial charge in [0.1, 0.15) is 7.05 Å². The molecular formula is C27H25N2+. The van der Waals surface area contributed by atoms with Crippen LogP contribution in [0.1, 0.15) is 36.5 Å². The van der Waals surface area contributed by atoms with Gasteiger partial charge in [-0.2, -0.15) is 0 Å². The quantitative estimate of drug-likeness (QED) is 0.174. The molecule has 142 valence electrons. The summed E-state index contributed by atoms with van der Waals surface area (Å²) in [5.74, 6) is 0.492. The second kappa shape index (κ2) is 5.48. The fourth-order valence-corrected chi connectivity index (χ4v) is 5.30. The van der Waals surface area contributed by atoms with Crippen LogP contribution < -0.4 is 4.57 Å². The Labute approximate surface area is 170 Å². The van der Waals surface area contributed by atoms with Crippen LogP contribution in [0.3, 0.4) is 0 Å². The van der Waals surface area contributed by atoms with Crippen molar-refractivity contribution in [2.45, 2.75) is 33.6 Å². The molecule has 0 aliphatic heterocycles. The standard InChI is InChI=1S/C27H25N2/c1-15(2)19-13-18-11-12-28(5)27-24-17(4)9-10-20-23-16(3)7-6-8-21(23)29(26(20)24)22(14-19)25(18)27/h6-15H,1-5H3/q+1. The van der Waals surface area contributed by atoms with Crippen LogP contribution in [0.2, 0.25) is 0 Å². The molecule has 2 heteroatoms. The molecular weight excluding hydrogens is 352 g/mol. The average Bonchev–Trinajstić information content (AvgIpc) is 3.04. The molecule has 29 heavy (non-hydrogen) atoms. The number of hydrogen-bond acceptors (Lipinski definition) is 0. The van der Waals surface area contributed by atoms with Crippen LogP contribution in [0, 0.1) is 13.8 Å². The highest BCUT2D eigenvalue weighted by atomic mass is 15.0. The summed E-state index contributed by atoms with van der Waals surface area (Å²) in [6, 6.07) is 18.4. The van der Waals surface area contributed by atoms with Crippen molar-refractivity contribution in [2.24, 2.45) is 7.05 Å². The molecule has 6 aromatic rings. The lowest BCUT2D eigenvalue weighted by Gasteiger charge is -2.15. The minimum absolute atomic E-state index is 0.492. The van der Waals surface area contributed by atoms with E-state index in [4.69, 9.17) is 0 Å². The number of nitrogens with zero attached hydrogens (tertiary/aromatic N) is 2. The number of hydrogen-bond donors (Lipinski definition) is 0. The number of aryl methyl sites for hydroxylation is 3. The first kappa shape index (κ1) is 16.8. The van der Waals surface area contributed by atoms with Crippen LogP contribution in [0.5, 0.6) is 0 Å². The highest BCUT2D eigenvalue weighted by molar-refractivity contribution is 6.26. The van der Waals surface area contributed by atoms with Crippen molar-refractivity contribution in [1.29, 1.82) is 0 Å². The van der Waals surface area contributed by atoms with Crippen LogP contribution in [0.15, 0.2) is 54.7 Å². The number of pyridine rings is 2. The summed E-state index contributed by atoms with van der Waals surface area (Å²) >= 11 is 0. The van der Waals surface area contributed by atoms with Gasteiger partial charge in [0.2, 0.25) is 5.52 Å². The number of benzene rings is 3. The van der Waals surface area contributed by atoms with Crippen LogP contribution in [-0.4, -0.2) is 4.40 Å². The van der Waals surface area contributed by atoms with Crippen molar-refractivity contribution >= 4 is 49.0 Å². The van der Waals surface area contributed by atoms with Crippen molar-refractivity contribution < 1.29 is 4.57 Å². The third-order valence-corrected chi connectivity index (χ3v) is 6.75. The average molecular weight is 378 g/mol. The zero-order valence-corrected chi connectivity index (χ0v) is 17.7. The summed E-state index contributed by atoms with van der Waals surface area (Å²) in [7, 11) is 2.18. The Morgan fingerprint density at radius 1 is 0.828 bits per heavy atom. The van der Waals surface area contributed by atoms with Crippen LogP contribution in [-0.2, 0) is 7.05 Å². The predicted octanol–water partition coefficient (Wildman–Crippen LogP) is 6.55. The van der Waals surface area contributed by atoms with E-state index in [2.05, 4.69) is 98.4 Å². The molecule has 0 unspecified atom stereocenters. The summed E-state index contributed by atoms with van der Waals surface area (Å²) in [4.78, 5) is 0. The Kier molecular flexibility index (Phi) is 3.17. The van der Waals surface area contributed by atoms with Gasteiger partial charge in [-0.25, -0.2) is 4.57 Å². The van der Waals surface area contributed by atoms with Crippen molar-refractivity contribution in [3.05, 3.63) is 71.4 Å². The Bertz CT molecular complexity index is 1600. The van der Waals surface area contributed by atoms with Gasteiger partial charge < -0.3 is 4.40 Å². The smallest absolute Gasteiger partial charge is 0.224 e. The van der Waals surface area contributed by atoms with E-state index < -0.39 is 0 Å². The minimum Gasteiger partial charge on any atom is -0.307 e. The summed E-state index contributed by atoms with van der Waals surface area (Å²) in [6.45, 7) is 9.05. The second-order valence-electron chi connectivity index (χ2n) is 8.89. The molecule has 2 nitrogen and oxygen atoms in total. The third kappa shape index (κ3) is 1.99. The molecule has 0 bridgehead atoms. The van der Waals surface area contributed by atoms with E-state index in [1.165, 1.54) is 65.7 Å². The van der Waals surface area contributed by atoms with Gasteiger partial charge in [-0.15, -0.1) is 0 Å². The molecule has 0 fully saturated rings. The molecule has 0 saturated heterocycles. The van der Waals surface area contributed by atoms with Gasteiger partial charge in [-0.05, 0) is 54.0 Å². The molecule has 3 heterocycles. The fourth-order valence-electron chi connectivity index (χ4n) is 5.30. The van der Waals surface area contributed by atoms with Crippen molar-refractivity contribution in [3.63, 3.8) is 0 Å². The third-order valence-electron chi connectivity index (χ3n) is 6.75. The molecule has 3 aromatic heterocycles. The van der Waals surface area contributed by atoms with Gasteiger partial charge in [0.15, 0.2) is 6.20 Å². The summed E-state index contributed by atoms with van der Waals surface area (Å²) in [6.07, 6.45) is 2.22. The van der Waals surface area contributed by atoms with E-state index in [9.17, 15) is 0 Å². The molecule has 0 N–H and O–H groups in total. The zero-order valence-electron chi connectivity index (χ0n) is 17.7. The Balaban J connectivity index is 2.10. The Morgan fingerprint density at radius 3 is 2.41 bits per heavy atom. The summed E-state index contributed by atoms with van der Waals surface area (Å²) in [5, 5.41) is 6.80. The number of aromatic nitrogens is 2. The molecule has 0 radical (unpaired) electrons. The largest absolute Gasteiger partial charge is 0.307 e. The maximum Gasteiger partial charge on any atom is 0.224 e. The van der Waals surface area contributed by atoms with Crippen molar-refractivity contribution in [1.82, 2.24) is 4.40 Å². The highest BCUT2D eigenvalue weighted by Gasteiger charge is 2.24. The van der Waals surface area contributed by atoms with Crippen molar-refractivity contribution in [2.75, 3.05) is 0 Å². The summed E-state index contributed by atoms with van der Waals surface area (Å²) < 4.78 is 4.83. The predicted molar refractivity (Wildman–Crippen MR) is 123 cm³/mol. The summed E-state index contributed by atoms with van der Waals surface area (Å²) in [5.41, 5.74) is 9.39. The zero-order chi connectivity index (χ0) is 20.0. The monoisotopic (exact) mass is 377 g/mol. The SMILES string of the molecule is Cc1cccc2c1c1ccc(C)c3c1n2c1cc(C(C)C)cc2cc[n+](C)c3c21. The number of rotatable bonds is 1. The van der Waals surface area contributed by atoms with E-state index in [-0.39, 0.29) is 0 Å². The van der Waals surface area contributed by atoms with Gasteiger partial charge >= 0.3 is 0 Å². The Hall–Kier alpha value is -3.13. The van der Waals surface area contributed by atoms with Gasteiger partial charge in [0, 0.05) is 16.8 Å². The second-order valence-corrected chi connectivity index (χ2v) is 8.89. The maximum absolute atomic E-state index is 2.53. The molecule has 0 aliphatic rings. The van der Waals surface area contributed by atoms with Crippen LogP contribution in [0.25, 0.3) is 49.0 Å². The van der Waals surface area contributed by atoms with Crippen LogP contribution in [0.4, 0.5) is 0 Å². The van der Waals surface area contributed by atoms with E-state index in [0.717, 1.165) is 0 Å². The van der Waals surface area contributed by atoms with E-state index in [1.807, 2.05) is 0 Å². The van der Waals surface area contributed by atoms with E-state index in [1.54, 1.807) is 0 Å². The lowest BCUT2D eigenvalue weighted by molar-refractivity contribution is -0.643. The number of fused-ring (bicyclic) bond motifs is 5. The molecule has 6 rings (SSSR count). The lowest BCUT2D eigenvalue weighted by atomic mass is 9.95.